The molecular weight excluding hydrogens is 354 g/mol. The Morgan fingerprint density at radius 1 is 1.00 bits per heavy atom. The lowest BCUT2D eigenvalue weighted by Crippen LogP contribution is -2.34. The van der Waals surface area contributed by atoms with Crippen LogP contribution in [0.15, 0.2) is 24.4 Å². The highest BCUT2D eigenvalue weighted by atomic mass is 16.5. The Kier molecular flexibility index (Phi) is 8.13. The van der Waals surface area contributed by atoms with Gasteiger partial charge in [0.25, 0.3) is 0 Å². The summed E-state index contributed by atoms with van der Waals surface area (Å²) in [5.74, 6) is 0.784. The van der Waals surface area contributed by atoms with E-state index in [2.05, 4.69) is 17.5 Å². The smallest absolute Gasteiger partial charge is 0.303 e. The first kappa shape index (κ1) is 21.1. The molecule has 2 saturated heterocycles. The van der Waals surface area contributed by atoms with Gasteiger partial charge in [-0.2, -0.15) is 0 Å². The van der Waals surface area contributed by atoms with E-state index >= 15 is 0 Å². The first-order chi connectivity index (χ1) is 13.6. The van der Waals surface area contributed by atoms with Crippen LogP contribution >= 0.6 is 0 Å². The van der Waals surface area contributed by atoms with Crippen LogP contribution in [-0.4, -0.2) is 35.6 Å². The van der Waals surface area contributed by atoms with Gasteiger partial charge in [0, 0.05) is 24.8 Å². The second kappa shape index (κ2) is 10.8. The fourth-order valence-corrected chi connectivity index (χ4v) is 5.09. The van der Waals surface area contributed by atoms with Crippen LogP contribution in [-0.2, 0) is 14.3 Å². The van der Waals surface area contributed by atoms with Crippen molar-refractivity contribution in [3.8, 4) is 0 Å². The van der Waals surface area contributed by atoms with Gasteiger partial charge < -0.3 is 15.2 Å². The molecule has 0 aromatic heterocycles. The molecule has 3 fully saturated rings. The molecule has 2 bridgehead atoms. The number of fused-ring (bicyclic) bond motifs is 2. The van der Waals surface area contributed by atoms with E-state index < -0.39 is 5.97 Å². The molecule has 156 valence electrons. The van der Waals surface area contributed by atoms with E-state index in [9.17, 15) is 9.59 Å². The number of carbonyl (C=O) groups excluding carboxylic acids is 1. The predicted octanol–water partition coefficient (Wildman–Crippen LogP) is 4.23. The Balaban J connectivity index is 1.40. The number of allylic oxidation sites excluding steroid dienone is 3. The lowest BCUT2D eigenvalue weighted by Gasteiger charge is -2.27. The highest BCUT2D eigenvalue weighted by Gasteiger charge is 2.47. The summed E-state index contributed by atoms with van der Waals surface area (Å²) in [6, 6.07) is 0. The summed E-state index contributed by atoms with van der Waals surface area (Å²) >= 11 is 0. The average Bonchev–Trinajstić information content (AvgIpc) is 3.30. The van der Waals surface area contributed by atoms with Gasteiger partial charge in [-0.3, -0.25) is 9.59 Å². The van der Waals surface area contributed by atoms with Gasteiger partial charge in [-0.15, -0.1) is 0 Å². The van der Waals surface area contributed by atoms with Gasteiger partial charge in [-0.1, -0.05) is 31.4 Å². The number of carboxylic acids is 1. The van der Waals surface area contributed by atoms with Gasteiger partial charge in [0.1, 0.15) is 0 Å². The Labute approximate surface area is 168 Å². The molecular formula is C23H35NO4. The van der Waals surface area contributed by atoms with E-state index in [1.165, 1.54) is 19.3 Å². The average molecular weight is 390 g/mol. The maximum atomic E-state index is 12.3. The Hall–Kier alpha value is -1.62. The molecule has 28 heavy (non-hydrogen) atoms. The normalized spacial score (nSPS) is 30.4. The van der Waals surface area contributed by atoms with E-state index in [1.807, 2.05) is 6.20 Å². The molecule has 0 aromatic carbocycles. The summed E-state index contributed by atoms with van der Waals surface area (Å²) < 4.78 is 6.14. The number of ether oxygens (including phenoxy) is 1. The van der Waals surface area contributed by atoms with E-state index in [4.69, 9.17) is 9.84 Å². The number of ketones is 1. The predicted molar refractivity (Wildman–Crippen MR) is 109 cm³/mol. The topological polar surface area (TPSA) is 75.6 Å². The number of hydrogen-bond acceptors (Lipinski definition) is 4. The molecule has 1 saturated carbocycles. The van der Waals surface area contributed by atoms with Crippen LogP contribution < -0.4 is 5.32 Å². The number of unbranched alkanes of at least 4 members (excludes halogenated alkanes) is 1. The maximum Gasteiger partial charge on any atom is 0.303 e. The Morgan fingerprint density at radius 2 is 1.75 bits per heavy atom. The fourth-order valence-electron chi connectivity index (χ4n) is 5.09. The minimum atomic E-state index is -0.726. The van der Waals surface area contributed by atoms with E-state index in [0.29, 0.717) is 30.5 Å². The molecule has 0 amide bonds. The molecule has 2 N–H and O–H groups in total. The molecule has 0 spiro atoms. The SMILES string of the molecule is O=C(O)CCC/C=C\C[C@H]1[C@@H](CNC=CC(=O)C2CCCCC2)[C@H]2CC[C@@H]1O2. The molecule has 0 radical (unpaired) electrons. The first-order valence-electron chi connectivity index (χ1n) is 11.1. The molecule has 1 aliphatic carbocycles. The number of aliphatic carboxylic acids is 1. The zero-order valence-corrected chi connectivity index (χ0v) is 16.9. The Bertz CT molecular complexity index is 579. The van der Waals surface area contributed by atoms with Crippen LogP contribution in [0.5, 0.6) is 0 Å². The highest BCUT2D eigenvalue weighted by Crippen LogP contribution is 2.44. The third-order valence-corrected chi connectivity index (χ3v) is 6.65. The third-order valence-electron chi connectivity index (χ3n) is 6.65. The summed E-state index contributed by atoms with van der Waals surface area (Å²) in [4.78, 5) is 22.8. The van der Waals surface area contributed by atoms with Gasteiger partial charge in [0.2, 0.25) is 0 Å². The maximum absolute atomic E-state index is 12.3. The molecule has 4 atom stereocenters. The van der Waals surface area contributed by atoms with E-state index in [0.717, 1.165) is 45.1 Å². The molecule has 5 heteroatoms. The molecule has 2 aliphatic heterocycles. The van der Waals surface area contributed by atoms with Crippen molar-refractivity contribution in [2.75, 3.05) is 6.54 Å². The number of carboxylic acid groups (broad SMARTS) is 1. The largest absolute Gasteiger partial charge is 0.481 e. The minimum Gasteiger partial charge on any atom is -0.481 e. The summed E-state index contributed by atoms with van der Waals surface area (Å²) in [5, 5.41) is 12.1. The van der Waals surface area contributed by atoms with E-state index in [1.54, 1.807) is 6.08 Å². The fraction of sp³-hybridized carbons (Fsp3) is 0.739. The second-order valence-corrected chi connectivity index (χ2v) is 8.59. The minimum absolute atomic E-state index is 0.233. The lowest BCUT2D eigenvalue weighted by molar-refractivity contribution is -0.137. The van der Waals surface area contributed by atoms with Crippen LogP contribution in [0.25, 0.3) is 0 Å². The van der Waals surface area contributed by atoms with Crippen molar-refractivity contribution in [1.29, 1.82) is 0 Å². The van der Waals surface area contributed by atoms with Gasteiger partial charge >= 0.3 is 5.97 Å². The first-order valence-corrected chi connectivity index (χ1v) is 11.1. The summed E-state index contributed by atoms with van der Waals surface area (Å²) in [6.07, 6.45) is 19.4. The van der Waals surface area contributed by atoms with Crippen molar-refractivity contribution in [2.24, 2.45) is 17.8 Å². The van der Waals surface area contributed by atoms with Crippen molar-refractivity contribution < 1.29 is 19.4 Å². The molecule has 3 aliphatic rings. The van der Waals surface area contributed by atoms with E-state index in [-0.39, 0.29) is 18.1 Å². The number of nitrogens with one attached hydrogen (secondary N) is 1. The number of carbonyl (C=O) groups is 2. The third kappa shape index (κ3) is 5.94. The van der Waals surface area contributed by atoms with Gasteiger partial charge in [-0.25, -0.2) is 0 Å². The summed E-state index contributed by atoms with van der Waals surface area (Å²) in [5.41, 5.74) is 0. The van der Waals surface area contributed by atoms with Crippen LogP contribution in [0.1, 0.15) is 70.6 Å². The van der Waals surface area contributed by atoms with Crippen molar-refractivity contribution >= 4 is 11.8 Å². The van der Waals surface area contributed by atoms with Gasteiger partial charge in [0.15, 0.2) is 5.78 Å². The Morgan fingerprint density at radius 3 is 2.50 bits per heavy atom. The van der Waals surface area contributed by atoms with Gasteiger partial charge in [0.05, 0.1) is 12.2 Å². The standard InChI is InChI=1S/C23H35NO4/c25-20(17-8-4-3-5-9-17)14-15-24-16-19-18(21-12-13-22(19)28-21)10-6-1-2-7-11-23(26)27/h1,6,14-15,17-19,21-22,24H,2-5,7-13,16H2,(H,26,27)/b6-1-,15-14?/t18-,19+,21-,22+/m0/s1. The van der Waals surface area contributed by atoms with Crippen molar-refractivity contribution in [3.63, 3.8) is 0 Å². The summed E-state index contributed by atoms with van der Waals surface area (Å²) in [7, 11) is 0. The molecule has 0 unspecified atom stereocenters. The van der Waals surface area contributed by atoms with Crippen molar-refractivity contribution in [1.82, 2.24) is 5.32 Å². The number of hydrogen-bond donors (Lipinski definition) is 2. The zero-order valence-electron chi connectivity index (χ0n) is 16.9. The van der Waals surface area contributed by atoms with Crippen molar-refractivity contribution in [2.45, 2.75) is 82.8 Å². The quantitative estimate of drug-likeness (QED) is 0.314. The zero-order chi connectivity index (χ0) is 19.8. The van der Waals surface area contributed by atoms with Crippen LogP contribution in [0, 0.1) is 17.8 Å². The molecule has 0 aromatic rings. The molecule has 3 rings (SSSR count). The van der Waals surface area contributed by atoms with Crippen LogP contribution in [0.2, 0.25) is 0 Å². The molecule has 5 nitrogen and oxygen atoms in total. The summed E-state index contributed by atoms with van der Waals surface area (Å²) in [6.45, 7) is 0.854. The number of rotatable bonds is 11. The van der Waals surface area contributed by atoms with Crippen LogP contribution in [0.3, 0.4) is 0 Å². The van der Waals surface area contributed by atoms with Gasteiger partial charge in [-0.05, 0) is 63.1 Å². The molecule has 2 heterocycles. The second-order valence-electron chi connectivity index (χ2n) is 8.59. The van der Waals surface area contributed by atoms with Crippen LogP contribution in [0.4, 0.5) is 0 Å². The monoisotopic (exact) mass is 389 g/mol. The van der Waals surface area contributed by atoms with Crippen molar-refractivity contribution in [3.05, 3.63) is 24.4 Å². The lowest BCUT2D eigenvalue weighted by atomic mass is 9.77. The highest BCUT2D eigenvalue weighted by molar-refractivity contribution is 5.91.